The smallest absolute Gasteiger partial charge is 0.306 e. The highest BCUT2D eigenvalue weighted by Crippen LogP contribution is 2.29. The summed E-state index contributed by atoms with van der Waals surface area (Å²) in [6, 6.07) is 9.94. The minimum Gasteiger partial charge on any atom is -0.306 e. The van der Waals surface area contributed by atoms with Gasteiger partial charge in [-0.05, 0) is 24.3 Å². The number of amides is 1. The molecule has 2 aromatic heterocycles. The van der Waals surface area contributed by atoms with Crippen LogP contribution in [0.15, 0.2) is 48.7 Å². The number of benzene rings is 1. The van der Waals surface area contributed by atoms with Crippen molar-refractivity contribution in [2.75, 3.05) is 5.32 Å². The first kappa shape index (κ1) is 16.6. The predicted molar refractivity (Wildman–Crippen MR) is 84.3 cm³/mol. The lowest BCUT2D eigenvalue weighted by atomic mass is 10.1. The Hall–Kier alpha value is -3.29. The van der Waals surface area contributed by atoms with Gasteiger partial charge in [0.1, 0.15) is 11.5 Å². The number of para-hydroxylation sites is 1. The molecular formula is C17H10F3N3O2. The van der Waals surface area contributed by atoms with Crippen molar-refractivity contribution in [3.8, 4) is 0 Å². The number of pyridine rings is 2. The van der Waals surface area contributed by atoms with Gasteiger partial charge in [0.2, 0.25) is 0 Å². The average Bonchev–Trinajstić information content (AvgIpc) is 2.60. The zero-order chi connectivity index (χ0) is 18.0. The van der Waals surface area contributed by atoms with E-state index in [-0.39, 0.29) is 17.1 Å². The molecule has 0 saturated heterocycles. The summed E-state index contributed by atoms with van der Waals surface area (Å²) in [6.45, 7) is 0. The maximum atomic E-state index is 12.5. The molecule has 5 nitrogen and oxygen atoms in total. The van der Waals surface area contributed by atoms with E-state index in [1.165, 1.54) is 12.1 Å². The topological polar surface area (TPSA) is 72.0 Å². The van der Waals surface area contributed by atoms with Gasteiger partial charge in [-0.25, -0.2) is 9.97 Å². The lowest BCUT2D eigenvalue weighted by Gasteiger charge is -2.09. The van der Waals surface area contributed by atoms with Crippen molar-refractivity contribution in [2.45, 2.75) is 6.18 Å². The molecule has 0 spiro atoms. The van der Waals surface area contributed by atoms with Crippen molar-refractivity contribution in [3.63, 3.8) is 0 Å². The summed E-state index contributed by atoms with van der Waals surface area (Å²) in [6.07, 6.45) is -3.30. The molecule has 0 saturated carbocycles. The van der Waals surface area contributed by atoms with Gasteiger partial charge < -0.3 is 5.32 Å². The molecule has 0 atom stereocenters. The number of hydrogen-bond acceptors (Lipinski definition) is 4. The number of carbonyl (C=O) groups is 2. The van der Waals surface area contributed by atoms with Crippen molar-refractivity contribution < 1.29 is 22.8 Å². The molecular weight excluding hydrogens is 335 g/mol. The highest BCUT2D eigenvalue weighted by Gasteiger charge is 2.30. The van der Waals surface area contributed by atoms with Crippen molar-refractivity contribution >= 4 is 28.9 Å². The van der Waals surface area contributed by atoms with E-state index < -0.39 is 17.6 Å². The summed E-state index contributed by atoms with van der Waals surface area (Å²) >= 11 is 0. The van der Waals surface area contributed by atoms with Crippen LogP contribution < -0.4 is 5.32 Å². The number of aromatic nitrogens is 2. The SMILES string of the molecule is O=Cc1ccc2cccc(C(=O)Nc3ccc(C(F)(F)F)cn3)c2n1. The van der Waals surface area contributed by atoms with Crippen LogP contribution in [0.25, 0.3) is 10.9 Å². The molecule has 0 aliphatic heterocycles. The molecule has 0 radical (unpaired) electrons. The third-order valence-corrected chi connectivity index (χ3v) is 3.44. The quantitative estimate of drug-likeness (QED) is 0.735. The molecule has 3 aromatic rings. The van der Waals surface area contributed by atoms with Gasteiger partial charge in [0.15, 0.2) is 6.29 Å². The van der Waals surface area contributed by atoms with Gasteiger partial charge in [-0.2, -0.15) is 13.2 Å². The molecule has 1 aromatic carbocycles. The number of alkyl halides is 3. The average molecular weight is 345 g/mol. The van der Waals surface area contributed by atoms with Crippen LogP contribution in [0.1, 0.15) is 26.4 Å². The van der Waals surface area contributed by atoms with Crippen molar-refractivity contribution in [2.24, 2.45) is 0 Å². The number of nitrogens with one attached hydrogen (secondary N) is 1. The summed E-state index contributed by atoms with van der Waals surface area (Å²) in [5.41, 5.74) is -0.243. The Kier molecular flexibility index (Phi) is 4.18. The fourth-order valence-electron chi connectivity index (χ4n) is 2.23. The van der Waals surface area contributed by atoms with Crippen LogP contribution in [0.5, 0.6) is 0 Å². The van der Waals surface area contributed by atoms with E-state index in [4.69, 9.17) is 0 Å². The molecule has 3 rings (SSSR count). The Morgan fingerprint density at radius 2 is 1.88 bits per heavy atom. The third-order valence-electron chi connectivity index (χ3n) is 3.44. The Morgan fingerprint density at radius 3 is 2.52 bits per heavy atom. The normalized spacial score (nSPS) is 11.3. The van der Waals surface area contributed by atoms with Gasteiger partial charge in [0.25, 0.3) is 5.91 Å². The highest BCUT2D eigenvalue weighted by atomic mass is 19.4. The standard InChI is InChI=1S/C17H10F3N3O2/c18-17(19,20)11-5-7-14(21-8-11)23-16(25)13-3-1-2-10-4-6-12(9-24)22-15(10)13/h1-9H,(H,21,23,25). The number of rotatable bonds is 3. The van der Waals surface area contributed by atoms with Crippen molar-refractivity contribution in [1.82, 2.24) is 9.97 Å². The van der Waals surface area contributed by atoms with Crippen LogP contribution in [-0.2, 0) is 6.18 Å². The number of halogens is 3. The second-order valence-electron chi connectivity index (χ2n) is 5.12. The Balaban J connectivity index is 1.91. The number of fused-ring (bicyclic) bond motifs is 1. The van der Waals surface area contributed by atoms with E-state index in [1.54, 1.807) is 18.2 Å². The minimum atomic E-state index is -4.50. The minimum absolute atomic E-state index is 0.0263. The summed E-state index contributed by atoms with van der Waals surface area (Å²) in [7, 11) is 0. The Bertz CT molecular complexity index is 954. The van der Waals surface area contributed by atoms with E-state index in [0.717, 1.165) is 12.1 Å². The maximum Gasteiger partial charge on any atom is 0.417 e. The first-order valence-corrected chi connectivity index (χ1v) is 7.08. The zero-order valence-corrected chi connectivity index (χ0v) is 12.5. The van der Waals surface area contributed by atoms with E-state index in [9.17, 15) is 22.8 Å². The first-order chi connectivity index (χ1) is 11.9. The summed E-state index contributed by atoms with van der Waals surface area (Å²) in [5, 5.41) is 3.07. The molecule has 126 valence electrons. The number of aldehydes is 1. The lowest BCUT2D eigenvalue weighted by molar-refractivity contribution is -0.137. The second-order valence-corrected chi connectivity index (χ2v) is 5.12. The van der Waals surface area contributed by atoms with Crippen molar-refractivity contribution in [1.29, 1.82) is 0 Å². The second kappa shape index (κ2) is 6.31. The van der Waals surface area contributed by atoms with Gasteiger partial charge in [-0.3, -0.25) is 9.59 Å². The number of anilines is 1. The molecule has 0 fully saturated rings. The van der Waals surface area contributed by atoms with Crippen LogP contribution in [0.2, 0.25) is 0 Å². The Labute approximate surface area is 139 Å². The fourth-order valence-corrected chi connectivity index (χ4v) is 2.23. The molecule has 2 heterocycles. The molecule has 1 N–H and O–H groups in total. The Morgan fingerprint density at radius 1 is 1.08 bits per heavy atom. The number of hydrogen-bond donors (Lipinski definition) is 1. The van der Waals surface area contributed by atoms with Crippen LogP contribution in [0.4, 0.5) is 19.0 Å². The van der Waals surface area contributed by atoms with E-state index >= 15 is 0 Å². The van der Waals surface area contributed by atoms with Crippen LogP contribution in [-0.4, -0.2) is 22.2 Å². The molecule has 0 aliphatic rings. The summed E-state index contributed by atoms with van der Waals surface area (Å²) in [4.78, 5) is 31.0. The molecule has 8 heteroatoms. The lowest BCUT2D eigenvalue weighted by Crippen LogP contribution is -2.14. The fraction of sp³-hybridized carbons (Fsp3) is 0.0588. The largest absolute Gasteiger partial charge is 0.417 e. The van der Waals surface area contributed by atoms with Crippen LogP contribution >= 0.6 is 0 Å². The van der Waals surface area contributed by atoms with Crippen molar-refractivity contribution in [3.05, 3.63) is 65.5 Å². The summed E-state index contributed by atoms with van der Waals surface area (Å²) < 4.78 is 37.6. The van der Waals surface area contributed by atoms with Gasteiger partial charge in [-0.1, -0.05) is 18.2 Å². The molecule has 0 unspecified atom stereocenters. The molecule has 0 bridgehead atoms. The summed E-state index contributed by atoms with van der Waals surface area (Å²) in [5.74, 6) is -0.616. The molecule has 1 amide bonds. The molecule has 0 aliphatic carbocycles. The van der Waals surface area contributed by atoms with Crippen LogP contribution in [0, 0.1) is 0 Å². The molecule has 25 heavy (non-hydrogen) atoms. The van der Waals surface area contributed by atoms with E-state index in [0.29, 0.717) is 23.4 Å². The first-order valence-electron chi connectivity index (χ1n) is 7.08. The van der Waals surface area contributed by atoms with Gasteiger partial charge in [0.05, 0.1) is 16.6 Å². The van der Waals surface area contributed by atoms with Gasteiger partial charge in [0, 0.05) is 11.6 Å². The zero-order valence-electron chi connectivity index (χ0n) is 12.5. The van der Waals surface area contributed by atoms with E-state index in [2.05, 4.69) is 15.3 Å². The van der Waals surface area contributed by atoms with Gasteiger partial charge >= 0.3 is 6.18 Å². The number of carbonyl (C=O) groups excluding carboxylic acids is 2. The monoisotopic (exact) mass is 345 g/mol. The maximum absolute atomic E-state index is 12.5. The van der Waals surface area contributed by atoms with Gasteiger partial charge in [-0.15, -0.1) is 0 Å². The van der Waals surface area contributed by atoms with E-state index in [1.807, 2.05) is 0 Å². The number of nitrogens with zero attached hydrogens (tertiary/aromatic N) is 2. The highest BCUT2D eigenvalue weighted by molar-refractivity contribution is 6.11. The van der Waals surface area contributed by atoms with Crippen LogP contribution in [0.3, 0.4) is 0 Å². The third kappa shape index (κ3) is 3.47. The predicted octanol–water partition coefficient (Wildman–Crippen LogP) is 3.71.